The first-order chi connectivity index (χ1) is 10.9. The Labute approximate surface area is 156 Å². The average molecular weight is 455 g/mol. The molecule has 0 unspecified atom stereocenters. The molecule has 2 N–H and O–H groups in total. The van der Waals surface area contributed by atoms with Crippen molar-refractivity contribution in [1.29, 1.82) is 0 Å². The molecule has 0 aromatic heterocycles. The summed E-state index contributed by atoms with van der Waals surface area (Å²) in [4.78, 5) is 4.05. The molecule has 8 heteroatoms. The lowest BCUT2D eigenvalue weighted by Gasteiger charge is -2.19. The second-order valence-electron chi connectivity index (χ2n) is 5.23. The Bertz CT molecular complexity index is 595. The molecule has 2 rings (SSSR count). The highest BCUT2D eigenvalue weighted by atomic mass is 127. The minimum atomic E-state index is -4.43. The van der Waals surface area contributed by atoms with E-state index in [2.05, 4.69) is 27.8 Å². The van der Waals surface area contributed by atoms with Gasteiger partial charge in [0.15, 0.2) is 5.96 Å². The molecule has 1 aromatic carbocycles. The van der Waals surface area contributed by atoms with E-state index in [1.54, 1.807) is 7.05 Å². The number of methoxy groups -OCH3 is 1. The lowest BCUT2D eigenvalue weighted by Crippen LogP contribution is -2.42. The average Bonchev–Trinajstić information content (AvgIpc) is 3.03. The Morgan fingerprint density at radius 2 is 1.96 bits per heavy atom. The molecule has 4 nitrogen and oxygen atoms in total. The number of rotatable bonds is 4. The van der Waals surface area contributed by atoms with Gasteiger partial charge in [-0.1, -0.05) is 18.2 Å². The lowest BCUT2D eigenvalue weighted by molar-refractivity contribution is -0.138. The third-order valence-corrected chi connectivity index (χ3v) is 3.64. The summed E-state index contributed by atoms with van der Waals surface area (Å²) in [6.45, 7) is 0.0264. The molecule has 0 radical (unpaired) electrons. The minimum absolute atomic E-state index is 0. The number of benzene rings is 1. The summed E-state index contributed by atoms with van der Waals surface area (Å²) < 4.78 is 44.4. The fourth-order valence-corrected chi connectivity index (χ4v) is 2.40. The Morgan fingerprint density at radius 1 is 1.29 bits per heavy atom. The van der Waals surface area contributed by atoms with Crippen LogP contribution in [0.1, 0.15) is 24.0 Å². The monoisotopic (exact) mass is 455 g/mol. The molecule has 1 aromatic rings. The van der Waals surface area contributed by atoms with E-state index in [0.29, 0.717) is 5.96 Å². The van der Waals surface area contributed by atoms with Gasteiger partial charge in [0.1, 0.15) is 5.75 Å². The molecule has 0 bridgehead atoms. The minimum Gasteiger partial charge on any atom is -0.497 e. The van der Waals surface area contributed by atoms with Crippen LogP contribution in [0.5, 0.6) is 5.75 Å². The van der Waals surface area contributed by atoms with Crippen LogP contribution in [0.4, 0.5) is 13.2 Å². The van der Waals surface area contributed by atoms with Crippen molar-refractivity contribution in [1.82, 2.24) is 10.6 Å². The molecular formula is C16H21F3IN3O. The van der Waals surface area contributed by atoms with Gasteiger partial charge in [-0.05, 0) is 30.5 Å². The zero-order valence-electron chi connectivity index (χ0n) is 13.5. The summed E-state index contributed by atoms with van der Waals surface area (Å²) in [6, 6.07) is 4.18. The van der Waals surface area contributed by atoms with E-state index < -0.39 is 11.7 Å². The number of alkyl halides is 3. The number of hydrogen-bond acceptors (Lipinski definition) is 2. The van der Waals surface area contributed by atoms with Gasteiger partial charge in [0.05, 0.1) is 12.7 Å². The maximum atomic E-state index is 13.2. The van der Waals surface area contributed by atoms with Crippen LogP contribution >= 0.6 is 24.0 Å². The van der Waals surface area contributed by atoms with Gasteiger partial charge in [0, 0.05) is 19.6 Å². The first-order valence-corrected chi connectivity index (χ1v) is 7.30. The van der Waals surface area contributed by atoms with Crippen LogP contribution < -0.4 is 15.4 Å². The number of nitrogens with zero attached hydrogens (tertiary/aromatic N) is 1. The molecule has 0 saturated carbocycles. The number of guanidine groups is 1. The number of halogens is 4. The molecule has 134 valence electrons. The first-order valence-electron chi connectivity index (χ1n) is 7.30. The van der Waals surface area contributed by atoms with Gasteiger partial charge < -0.3 is 15.4 Å². The largest absolute Gasteiger partial charge is 0.497 e. The van der Waals surface area contributed by atoms with E-state index >= 15 is 0 Å². The van der Waals surface area contributed by atoms with E-state index in [1.807, 2.05) is 0 Å². The molecule has 0 amide bonds. The summed E-state index contributed by atoms with van der Waals surface area (Å²) in [5, 5.41) is 6.12. The second-order valence-corrected chi connectivity index (χ2v) is 5.23. The highest BCUT2D eigenvalue weighted by Crippen LogP contribution is 2.34. The Morgan fingerprint density at radius 3 is 2.50 bits per heavy atom. The van der Waals surface area contributed by atoms with E-state index in [9.17, 15) is 13.2 Å². The SMILES string of the molecule is CN=C(NCc1ccc(OC)cc1C(F)(F)F)NC1CC=CC1.I. The van der Waals surface area contributed by atoms with Gasteiger partial charge in [-0.15, -0.1) is 24.0 Å². The molecule has 0 fully saturated rings. The highest BCUT2D eigenvalue weighted by Gasteiger charge is 2.33. The van der Waals surface area contributed by atoms with Gasteiger partial charge >= 0.3 is 6.18 Å². The summed E-state index contributed by atoms with van der Waals surface area (Å²) in [5.41, 5.74) is -0.562. The van der Waals surface area contributed by atoms with Crippen molar-refractivity contribution < 1.29 is 17.9 Å². The second kappa shape index (κ2) is 9.14. The van der Waals surface area contributed by atoms with Crippen LogP contribution in [-0.2, 0) is 12.7 Å². The topological polar surface area (TPSA) is 45.7 Å². The molecule has 0 heterocycles. The van der Waals surface area contributed by atoms with Gasteiger partial charge in [0.25, 0.3) is 0 Å². The van der Waals surface area contributed by atoms with Crippen LogP contribution in [0.3, 0.4) is 0 Å². The summed E-state index contributed by atoms with van der Waals surface area (Å²) in [5.74, 6) is 0.670. The summed E-state index contributed by atoms with van der Waals surface area (Å²) in [7, 11) is 2.94. The zero-order valence-corrected chi connectivity index (χ0v) is 15.8. The molecule has 0 spiro atoms. The molecule has 1 aliphatic rings. The first kappa shape index (κ1) is 20.6. The van der Waals surface area contributed by atoms with E-state index in [1.165, 1.54) is 19.2 Å². The van der Waals surface area contributed by atoms with Crippen LogP contribution in [0.2, 0.25) is 0 Å². The van der Waals surface area contributed by atoms with Crippen LogP contribution in [-0.4, -0.2) is 26.2 Å². The van der Waals surface area contributed by atoms with Crippen molar-refractivity contribution in [3.8, 4) is 5.75 Å². The fraction of sp³-hybridized carbons (Fsp3) is 0.438. The van der Waals surface area contributed by atoms with Crippen molar-refractivity contribution in [3.05, 3.63) is 41.5 Å². The number of aliphatic imine (C=N–C) groups is 1. The van der Waals surface area contributed by atoms with Crippen molar-refractivity contribution in [2.45, 2.75) is 31.6 Å². The maximum absolute atomic E-state index is 13.2. The van der Waals surface area contributed by atoms with E-state index in [0.717, 1.165) is 18.9 Å². The van der Waals surface area contributed by atoms with Gasteiger partial charge in [-0.2, -0.15) is 13.2 Å². The summed E-state index contributed by atoms with van der Waals surface area (Å²) >= 11 is 0. The molecule has 0 saturated heterocycles. The van der Waals surface area contributed by atoms with Gasteiger partial charge in [-0.3, -0.25) is 4.99 Å². The Hall–Kier alpha value is -1.45. The van der Waals surface area contributed by atoms with Crippen molar-refractivity contribution in [2.24, 2.45) is 4.99 Å². The fourth-order valence-electron chi connectivity index (χ4n) is 2.40. The quantitative estimate of drug-likeness (QED) is 0.315. The number of ether oxygens (including phenoxy) is 1. The van der Waals surface area contributed by atoms with Crippen LogP contribution in [0.15, 0.2) is 35.3 Å². The third-order valence-electron chi connectivity index (χ3n) is 3.64. The molecular weight excluding hydrogens is 434 g/mol. The van der Waals surface area contributed by atoms with E-state index in [-0.39, 0.29) is 47.9 Å². The predicted molar refractivity (Wildman–Crippen MR) is 98.9 cm³/mol. The van der Waals surface area contributed by atoms with Crippen LogP contribution in [0.25, 0.3) is 0 Å². The van der Waals surface area contributed by atoms with E-state index in [4.69, 9.17) is 4.74 Å². The summed E-state index contributed by atoms with van der Waals surface area (Å²) in [6.07, 6.45) is 1.47. The smallest absolute Gasteiger partial charge is 0.416 e. The number of nitrogens with one attached hydrogen (secondary N) is 2. The maximum Gasteiger partial charge on any atom is 0.416 e. The third kappa shape index (κ3) is 5.57. The van der Waals surface area contributed by atoms with Gasteiger partial charge in [0.2, 0.25) is 0 Å². The number of hydrogen-bond donors (Lipinski definition) is 2. The zero-order chi connectivity index (χ0) is 16.9. The normalized spacial score (nSPS) is 15.1. The molecule has 0 atom stereocenters. The Kier molecular flexibility index (Phi) is 7.85. The van der Waals surface area contributed by atoms with Crippen LogP contribution in [0, 0.1) is 0 Å². The standard InChI is InChI=1S/C16H20F3N3O.HI/c1-20-15(22-12-5-3-4-6-12)21-10-11-7-8-13(23-2)9-14(11)16(17,18)19;/h3-4,7-9,12H,5-6,10H2,1-2H3,(H2,20,21,22);1H. The van der Waals surface area contributed by atoms with Crippen molar-refractivity contribution >= 4 is 29.9 Å². The van der Waals surface area contributed by atoms with Crippen molar-refractivity contribution in [3.63, 3.8) is 0 Å². The molecule has 24 heavy (non-hydrogen) atoms. The Balaban J connectivity index is 0.00000288. The predicted octanol–water partition coefficient (Wildman–Crippen LogP) is 3.72. The molecule has 0 aliphatic heterocycles. The lowest BCUT2D eigenvalue weighted by atomic mass is 10.1. The van der Waals surface area contributed by atoms with Crippen molar-refractivity contribution in [2.75, 3.05) is 14.2 Å². The highest BCUT2D eigenvalue weighted by molar-refractivity contribution is 14.0. The molecule has 1 aliphatic carbocycles. The van der Waals surface area contributed by atoms with Gasteiger partial charge in [-0.25, -0.2) is 0 Å².